The first-order valence-electron chi connectivity index (χ1n) is 6.07. The Balaban J connectivity index is 3.42. The highest BCUT2D eigenvalue weighted by Gasteiger charge is 2.03. The molecule has 0 aliphatic carbocycles. The van der Waals surface area contributed by atoms with E-state index >= 15 is 0 Å². The van der Waals surface area contributed by atoms with E-state index < -0.39 is 0 Å². The summed E-state index contributed by atoms with van der Waals surface area (Å²) >= 11 is 0. The van der Waals surface area contributed by atoms with Gasteiger partial charge >= 0.3 is 0 Å². The summed E-state index contributed by atoms with van der Waals surface area (Å²) < 4.78 is 0. The van der Waals surface area contributed by atoms with E-state index in [0.717, 1.165) is 45.3 Å². The largest absolute Gasteiger partial charge is 0.395 e. The van der Waals surface area contributed by atoms with E-state index in [9.17, 15) is 4.79 Å². The lowest BCUT2D eigenvalue weighted by molar-refractivity contribution is -0.121. The summed E-state index contributed by atoms with van der Waals surface area (Å²) in [6.07, 6.45) is 4.58. The first-order chi connectivity index (χ1) is 7.74. The van der Waals surface area contributed by atoms with E-state index in [1.165, 1.54) is 0 Å². The van der Waals surface area contributed by atoms with Crippen molar-refractivity contribution in [2.45, 2.75) is 39.0 Å². The summed E-state index contributed by atoms with van der Waals surface area (Å²) in [4.78, 5) is 13.1. The average Bonchev–Trinajstić information content (AvgIpc) is 2.28. The van der Waals surface area contributed by atoms with Gasteiger partial charge in [-0.15, -0.1) is 0 Å². The molecule has 0 aromatic carbocycles. The second-order valence-electron chi connectivity index (χ2n) is 3.94. The van der Waals surface area contributed by atoms with E-state index in [1.807, 2.05) is 0 Å². The van der Waals surface area contributed by atoms with Crippen LogP contribution in [0.2, 0.25) is 0 Å². The van der Waals surface area contributed by atoms with E-state index in [4.69, 9.17) is 10.9 Å². The molecule has 0 unspecified atom stereocenters. The second kappa shape index (κ2) is 10.9. The van der Waals surface area contributed by atoms with Gasteiger partial charge in [0, 0.05) is 13.0 Å². The third-order valence-electron chi connectivity index (χ3n) is 2.50. The molecular weight excluding hydrogens is 206 g/mol. The van der Waals surface area contributed by atoms with Crippen LogP contribution in [0.15, 0.2) is 0 Å². The average molecular weight is 231 g/mol. The van der Waals surface area contributed by atoms with Crippen molar-refractivity contribution in [1.29, 1.82) is 0 Å². The molecular formula is C11H25N3O2. The van der Waals surface area contributed by atoms with Gasteiger partial charge in [-0.3, -0.25) is 10.2 Å². The molecule has 0 aromatic heterocycles. The Morgan fingerprint density at radius 1 is 1.25 bits per heavy atom. The fraction of sp³-hybridized carbons (Fsp3) is 0.909. The number of amides is 1. The summed E-state index contributed by atoms with van der Waals surface area (Å²) in [7, 11) is 0. The van der Waals surface area contributed by atoms with Crippen molar-refractivity contribution in [3.05, 3.63) is 0 Å². The standard InChI is InChI=1S/C11H25N3O2/c1-2-7-14(9-10-15)8-5-3-4-6-11(16)13-12/h15H,2-10,12H2,1H3,(H,13,16). The van der Waals surface area contributed by atoms with Gasteiger partial charge in [0.1, 0.15) is 0 Å². The highest BCUT2D eigenvalue weighted by molar-refractivity contribution is 5.74. The molecule has 0 spiro atoms. The quantitative estimate of drug-likeness (QED) is 0.218. The highest BCUT2D eigenvalue weighted by atomic mass is 16.3. The SMILES string of the molecule is CCCN(CCO)CCCCCC(=O)NN. The number of nitrogens with two attached hydrogens (primary N) is 1. The van der Waals surface area contributed by atoms with Gasteiger partial charge in [0.15, 0.2) is 0 Å². The number of nitrogens with one attached hydrogen (secondary N) is 1. The minimum Gasteiger partial charge on any atom is -0.395 e. The lowest BCUT2D eigenvalue weighted by atomic mass is 10.2. The Bertz CT molecular complexity index is 171. The topological polar surface area (TPSA) is 78.6 Å². The lowest BCUT2D eigenvalue weighted by Crippen LogP contribution is -2.30. The van der Waals surface area contributed by atoms with Crippen LogP contribution < -0.4 is 11.3 Å². The molecule has 0 rings (SSSR count). The molecule has 1 amide bonds. The molecule has 4 N–H and O–H groups in total. The molecule has 5 nitrogen and oxygen atoms in total. The maximum atomic E-state index is 10.8. The summed E-state index contributed by atoms with van der Waals surface area (Å²) in [6, 6.07) is 0. The molecule has 0 heterocycles. The van der Waals surface area contributed by atoms with E-state index in [1.54, 1.807) is 0 Å². The third kappa shape index (κ3) is 8.64. The van der Waals surface area contributed by atoms with Crippen molar-refractivity contribution in [2.24, 2.45) is 5.84 Å². The number of unbranched alkanes of at least 4 members (excludes halogenated alkanes) is 2. The molecule has 96 valence electrons. The molecule has 0 aromatic rings. The van der Waals surface area contributed by atoms with Gasteiger partial charge in [-0.05, 0) is 32.4 Å². The zero-order valence-corrected chi connectivity index (χ0v) is 10.2. The smallest absolute Gasteiger partial charge is 0.233 e. The van der Waals surface area contributed by atoms with Crippen molar-refractivity contribution < 1.29 is 9.90 Å². The second-order valence-corrected chi connectivity index (χ2v) is 3.94. The fourth-order valence-corrected chi connectivity index (χ4v) is 1.66. The van der Waals surface area contributed by atoms with Gasteiger partial charge in [-0.25, -0.2) is 5.84 Å². The van der Waals surface area contributed by atoms with E-state index in [2.05, 4.69) is 17.2 Å². The Morgan fingerprint density at radius 2 is 2.00 bits per heavy atom. The predicted molar refractivity (Wildman–Crippen MR) is 64.6 cm³/mol. The number of aliphatic hydroxyl groups excluding tert-OH is 1. The number of hydrogen-bond donors (Lipinski definition) is 3. The van der Waals surface area contributed by atoms with Crippen molar-refractivity contribution in [3.8, 4) is 0 Å². The van der Waals surface area contributed by atoms with Crippen LogP contribution in [-0.2, 0) is 4.79 Å². The number of aliphatic hydroxyl groups is 1. The van der Waals surface area contributed by atoms with Crippen LogP contribution in [0.3, 0.4) is 0 Å². The Kier molecular flexibility index (Phi) is 10.4. The number of carbonyl (C=O) groups excluding carboxylic acids is 1. The number of hydrazine groups is 1. The zero-order chi connectivity index (χ0) is 12.2. The number of rotatable bonds is 10. The Labute approximate surface area is 98.0 Å². The molecule has 0 saturated carbocycles. The molecule has 0 fully saturated rings. The first kappa shape index (κ1) is 15.3. The molecule has 0 aliphatic rings. The van der Waals surface area contributed by atoms with Crippen molar-refractivity contribution in [3.63, 3.8) is 0 Å². The molecule has 0 saturated heterocycles. The summed E-state index contributed by atoms with van der Waals surface area (Å²) in [5.41, 5.74) is 2.12. The van der Waals surface area contributed by atoms with Crippen molar-refractivity contribution >= 4 is 5.91 Å². The Morgan fingerprint density at radius 3 is 2.56 bits per heavy atom. The number of carbonyl (C=O) groups is 1. The normalized spacial score (nSPS) is 10.8. The minimum absolute atomic E-state index is 0.0965. The molecule has 5 heteroatoms. The van der Waals surface area contributed by atoms with Gasteiger partial charge in [0.25, 0.3) is 0 Å². The summed E-state index contributed by atoms with van der Waals surface area (Å²) in [6.45, 7) is 5.13. The molecule has 0 radical (unpaired) electrons. The predicted octanol–water partition coefficient (Wildman–Crippen LogP) is 0.241. The summed E-state index contributed by atoms with van der Waals surface area (Å²) in [5, 5.41) is 8.86. The molecule has 0 bridgehead atoms. The molecule has 16 heavy (non-hydrogen) atoms. The van der Waals surface area contributed by atoms with Gasteiger partial charge in [-0.2, -0.15) is 0 Å². The first-order valence-corrected chi connectivity index (χ1v) is 6.07. The van der Waals surface area contributed by atoms with Crippen LogP contribution in [0.4, 0.5) is 0 Å². The van der Waals surface area contributed by atoms with Gasteiger partial charge in [0.2, 0.25) is 5.91 Å². The zero-order valence-electron chi connectivity index (χ0n) is 10.2. The minimum atomic E-state index is -0.0965. The maximum Gasteiger partial charge on any atom is 0.233 e. The molecule has 0 aliphatic heterocycles. The number of nitrogens with zero attached hydrogens (tertiary/aromatic N) is 1. The van der Waals surface area contributed by atoms with Crippen LogP contribution in [0.1, 0.15) is 39.0 Å². The van der Waals surface area contributed by atoms with Crippen LogP contribution in [0.25, 0.3) is 0 Å². The highest BCUT2D eigenvalue weighted by Crippen LogP contribution is 2.02. The van der Waals surface area contributed by atoms with E-state index in [-0.39, 0.29) is 12.5 Å². The number of hydrogen-bond acceptors (Lipinski definition) is 4. The van der Waals surface area contributed by atoms with Crippen LogP contribution in [0, 0.1) is 0 Å². The van der Waals surface area contributed by atoms with Crippen LogP contribution in [-0.4, -0.2) is 42.2 Å². The van der Waals surface area contributed by atoms with Crippen LogP contribution >= 0.6 is 0 Å². The summed E-state index contributed by atoms with van der Waals surface area (Å²) in [5.74, 6) is 4.88. The van der Waals surface area contributed by atoms with Crippen molar-refractivity contribution in [2.75, 3.05) is 26.2 Å². The van der Waals surface area contributed by atoms with E-state index in [0.29, 0.717) is 6.42 Å². The van der Waals surface area contributed by atoms with Gasteiger partial charge in [-0.1, -0.05) is 13.3 Å². The lowest BCUT2D eigenvalue weighted by Gasteiger charge is -2.20. The third-order valence-corrected chi connectivity index (χ3v) is 2.50. The Hall–Kier alpha value is -0.650. The van der Waals surface area contributed by atoms with Gasteiger partial charge < -0.3 is 10.0 Å². The van der Waals surface area contributed by atoms with Gasteiger partial charge in [0.05, 0.1) is 6.61 Å². The van der Waals surface area contributed by atoms with Crippen molar-refractivity contribution in [1.82, 2.24) is 10.3 Å². The molecule has 0 atom stereocenters. The van der Waals surface area contributed by atoms with Crippen LogP contribution in [0.5, 0.6) is 0 Å². The maximum absolute atomic E-state index is 10.8. The fourth-order valence-electron chi connectivity index (χ4n) is 1.66. The monoisotopic (exact) mass is 231 g/mol.